The summed E-state index contributed by atoms with van der Waals surface area (Å²) in [6.45, 7) is 11.8. The molecule has 0 aliphatic rings. The second-order valence-corrected chi connectivity index (χ2v) is 16.1. The fraction of sp³-hybridized carbons (Fsp3) is 0.207. The van der Waals surface area contributed by atoms with Crippen LogP contribution >= 0.6 is 11.3 Å². The van der Waals surface area contributed by atoms with E-state index in [0.717, 1.165) is 5.69 Å². The number of hydrogen-bond donors (Lipinski definition) is 0. The van der Waals surface area contributed by atoms with Gasteiger partial charge < -0.3 is 0 Å². The Morgan fingerprint density at radius 1 is 0.781 bits per heavy atom. The number of aromatic nitrogens is 1. The van der Waals surface area contributed by atoms with Crippen molar-refractivity contribution in [3.63, 3.8) is 0 Å². The van der Waals surface area contributed by atoms with Gasteiger partial charge in [-0.15, -0.1) is 11.3 Å². The molecular weight excluding hydrogens is 422 g/mol. The first-order valence-electron chi connectivity index (χ1n) is 11.3. The van der Waals surface area contributed by atoms with E-state index in [0.29, 0.717) is 5.92 Å². The molecule has 0 N–H and O–H groups in total. The van der Waals surface area contributed by atoms with Gasteiger partial charge in [0, 0.05) is 26.7 Å². The van der Waals surface area contributed by atoms with Gasteiger partial charge >= 0.3 is 0 Å². The molecule has 5 aromatic rings. The summed E-state index contributed by atoms with van der Waals surface area (Å²) in [4.78, 5) is 6.18. The number of fused-ring (bicyclic) bond motifs is 2. The summed E-state index contributed by atoms with van der Waals surface area (Å²) in [5, 5.41) is 5.39. The van der Waals surface area contributed by atoms with Gasteiger partial charge in [0.15, 0.2) is 0 Å². The van der Waals surface area contributed by atoms with Crippen LogP contribution in [-0.4, -0.2) is 13.1 Å². The number of nitrogens with zero attached hydrogens (tertiary/aromatic N) is 1. The molecule has 0 aliphatic heterocycles. The Hall–Kier alpha value is -2.75. The van der Waals surface area contributed by atoms with Gasteiger partial charge in [-0.25, -0.2) is 0 Å². The highest BCUT2D eigenvalue weighted by molar-refractivity contribution is 7.22. The maximum absolute atomic E-state index is 4.86. The Balaban J connectivity index is 1.71. The van der Waals surface area contributed by atoms with Crippen LogP contribution in [-0.2, 0) is 0 Å². The van der Waals surface area contributed by atoms with Crippen molar-refractivity contribution >= 4 is 45.5 Å². The van der Waals surface area contributed by atoms with Crippen LogP contribution < -0.4 is 5.19 Å². The van der Waals surface area contributed by atoms with Crippen LogP contribution in [0.3, 0.4) is 0 Å². The minimum atomic E-state index is -1.36. The Morgan fingerprint density at radius 3 is 2.28 bits per heavy atom. The summed E-state index contributed by atoms with van der Waals surface area (Å²) in [6.07, 6.45) is 1.97. The molecule has 1 nitrogen and oxygen atoms in total. The zero-order valence-corrected chi connectivity index (χ0v) is 21.3. The molecule has 3 aromatic carbocycles. The number of pyridine rings is 1. The largest absolute Gasteiger partial charge is 0.256 e. The van der Waals surface area contributed by atoms with E-state index in [1.54, 1.807) is 0 Å². The van der Waals surface area contributed by atoms with E-state index in [4.69, 9.17) is 4.98 Å². The number of thiophene rings is 1. The smallest absolute Gasteiger partial charge is 0.0780 e. The van der Waals surface area contributed by atoms with Crippen molar-refractivity contribution < 1.29 is 0 Å². The van der Waals surface area contributed by atoms with Crippen LogP contribution in [0.4, 0.5) is 0 Å². The Labute approximate surface area is 195 Å². The molecule has 0 atom stereocenters. The first-order chi connectivity index (χ1) is 15.3. The molecule has 2 aromatic heterocycles. The molecule has 3 heteroatoms. The highest BCUT2D eigenvalue weighted by Crippen LogP contribution is 2.40. The molecule has 2 heterocycles. The van der Waals surface area contributed by atoms with Crippen LogP contribution in [0, 0.1) is 0 Å². The number of rotatable bonds is 4. The van der Waals surface area contributed by atoms with Crippen molar-refractivity contribution in [2.45, 2.75) is 39.4 Å². The van der Waals surface area contributed by atoms with Crippen molar-refractivity contribution in [1.82, 2.24) is 4.98 Å². The van der Waals surface area contributed by atoms with Crippen LogP contribution in [0.15, 0.2) is 79.0 Å². The lowest BCUT2D eigenvalue weighted by molar-refractivity contribution is 0.877. The van der Waals surface area contributed by atoms with E-state index >= 15 is 0 Å². The highest BCUT2D eigenvalue weighted by atomic mass is 32.1. The van der Waals surface area contributed by atoms with E-state index in [9.17, 15) is 0 Å². The lowest BCUT2D eigenvalue weighted by atomic mass is 9.94. The van der Waals surface area contributed by atoms with Crippen molar-refractivity contribution in [2.24, 2.45) is 0 Å². The van der Waals surface area contributed by atoms with Gasteiger partial charge in [-0.3, -0.25) is 4.98 Å². The van der Waals surface area contributed by atoms with Crippen molar-refractivity contribution in [1.29, 1.82) is 0 Å². The van der Waals surface area contributed by atoms with Gasteiger partial charge in [0.05, 0.1) is 13.8 Å². The fourth-order valence-corrected chi connectivity index (χ4v) is 6.71. The number of hydrogen-bond acceptors (Lipinski definition) is 2. The number of benzene rings is 3. The lowest BCUT2D eigenvalue weighted by Crippen LogP contribution is -2.37. The third-order valence-electron chi connectivity index (χ3n) is 6.25. The van der Waals surface area contributed by atoms with Gasteiger partial charge in [-0.2, -0.15) is 0 Å². The van der Waals surface area contributed by atoms with Crippen LogP contribution in [0.2, 0.25) is 19.6 Å². The molecular formula is C29H29NSSi. The average molecular weight is 452 g/mol. The minimum Gasteiger partial charge on any atom is -0.256 e. The minimum absolute atomic E-state index is 0.448. The Morgan fingerprint density at radius 2 is 1.56 bits per heavy atom. The lowest BCUT2D eigenvalue weighted by Gasteiger charge is -2.18. The average Bonchev–Trinajstić information content (AvgIpc) is 3.21. The third kappa shape index (κ3) is 3.80. The highest BCUT2D eigenvalue weighted by Gasteiger charge is 2.18. The van der Waals surface area contributed by atoms with Crippen LogP contribution in [0.25, 0.3) is 42.6 Å². The molecule has 5 rings (SSSR count). The monoisotopic (exact) mass is 451 g/mol. The predicted molar refractivity (Wildman–Crippen MR) is 145 cm³/mol. The first-order valence-corrected chi connectivity index (χ1v) is 15.7. The summed E-state index contributed by atoms with van der Waals surface area (Å²) in [7, 11) is -1.36. The molecule has 0 amide bonds. The summed E-state index contributed by atoms with van der Waals surface area (Å²) >= 11 is 1.88. The molecule has 0 unspecified atom stereocenters. The standard InChI is InChI=1S/C29H29NSSi/c1-19(2)25-16-22(17-28-26(25)18-27(31-28)20-9-7-6-8-10-20)29-24-12-11-23(32(3,4)5)15-21(24)13-14-30-29/h6-19H,1-5H3. The summed E-state index contributed by atoms with van der Waals surface area (Å²) < 4.78 is 1.34. The summed E-state index contributed by atoms with van der Waals surface area (Å²) in [6, 6.07) is 26.9. The maximum atomic E-state index is 4.86. The van der Waals surface area contributed by atoms with Gasteiger partial charge in [0.1, 0.15) is 0 Å². The topological polar surface area (TPSA) is 12.9 Å². The molecule has 160 valence electrons. The van der Waals surface area contributed by atoms with E-state index in [1.165, 1.54) is 47.6 Å². The Bertz CT molecular complexity index is 1420. The zero-order valence-electron chi connectivity index (χ0n) is 19.4. The predicted octanol–water partition coefficient (Wildman–Crippen LogP) is 8.45. The molecule has 0 saturated heterocycles. The third-order valence-corrected chi connectivity index (χ3v) is 9.43. The molecule has 0 bridgehead atoms. The molecule has 0 spiro atoms. The first kappa shape index (κ1) is 21.1. The van der Waals surface area contributed by atoms with E-state index in [-0.39, 0.29) is 0 Å². The van der Waals surface area contributed by atoms with Crippen LogP contribution in [0.1, 0.15) is 25.3 Å². The van der Waals surface area contributed by atoms with Gasteiger partial charge in [-0.05, 0) is 52.1 Å². The van der Waals surface area contributed by atoms with Gasteiger partial charge in [0.2, 0.25) is 0 Å². The zero-order chi connectivity index (χ0) is 22.5. The molecule has 32 heavy (non-hydrogen) atoms. The molecule has 0 saturated carbocycles. The van der Waals surface area contributed by atoms with Gasteiger partial charge in [-0.1, -0.05) is 87.2 Å². The van der Waals surface area contributed by atoms with Crippen molar-refractivity contribution in [3.8, 4) is 21.7 Å². The normalized spacial score (nSPS) is 12.2. The fourth-order valence-electron chi connectivity index (χ4n) is 4.40. The van der Waals surface area contributed by atoms with Crippen molar-refractivity contribution in [2.75, 3.05) is 0 Å². The van der Waals surface area contributed by atoms with Crippen molar-refractivity contribution in [3.05, 3.63) is 84.6 Å². The Kier molecular flexibility index (Phi) is 5.27. The summed E-state index contributed by atoms with van der Waals surface area (Å²) in [5.41, 5.74) is 4.98. The van der Waals surface area contributed by atoms with Gasteiger partial charge in [0.25, 0.3) is 0 Å². The SMILES string of the molecule is CC(C)c1cc(-c2nccc3cc([Si](C)(C)C)ccc23)cc2sc(-c3ccccc3)cc12. The van der Waals surface area contributed by atoms with Crippen LogP contribution in [0.5, 0.6) is 0 Å². The molecule has 0 aliphatic carbocycles. The van der Waals surface area contributed by atoms with E-state index in [2.05, 4.69) is 106 Å². The molecule has 0 fully saturated rings. The van der Waals surface area contributed by atoms with E-state index in [1.807, 2.05) is 17.5 Å². The second kappa shape index (κ2) is 7.98. The molecule has 0 radical (unpaired) electrons. The van der Waals surface area contributed by atoms with E-state index < -0.39 is 8.07 Å². The second-order valence-electron chi connectivity index (χ2n) is 9.95. The quantitative estimate of drug-likeness (QED) is 0.250. The maximum Gasteiger partial charge on any atom is 0.0780 e. The summed E-state index contributed by atoms with van der Waals surface area (Å²) in [5.74, 6) is 0.448.